The molecule has 1 aliphatic rings. The summed E-state index contributed by atoms with van der Waals surface area (Å²) in [6.07, 6.45) is 0. The highest BCUT2D eigenvalue weighted by atomic mass is 32.1. The van der Waals surface area contributed by atoms with Gasteiger partial charge in [-0.15, -0.1) is 32.9 Å². The number of rotatable bonds is 3. The highest BCUT2D eigenvalue weighted by Gasteiger charge is 2.32. The van der Waals surface area contributed by atoms with Gasteiger partial charge in [0.2, 0.25) is 0 Å². The van der Waals surface area contributed by atoms with Crippen LogP contribution in [0.2, 0.25) is 0 Å². The molecule has 0 spiro atoms. The van der Waals surface area contributed by atoms with Gasteiger partial charge in [-0.2, -0.15) is 0 Å². The van der Waals surface area contributed by atoms with Gasteiger partial charge < -0.3 is 9.47 Å². The summed E-state index contributed by atoms with van der Waals surface area (Å²) < 4.78 is 2.09. The van der Waals surface area contributed by atoms with Crippen LogP contribution in [0.25, 0.3) is 22.0 Å². The third kappa shape index (κ3) is 3.18. The second-order valence-electron chi connectivity index (χ2n) is 7.01. The second-order valence-corrected chi connectivity index (χ2v) is 9.02. The average Bonchev–Trinajstić information content (AvgIpc) is 3.48. The second kappa shape index (κ2) is 7.20. The number of carbonyl (C=O) groups is 1. The van der Waals surface area contributed by atoms with Crippen molar-refractivity contribution in [1.29, 1.82) is 0 Å². The molecule has 0 radical (unpaired) electrons. The lowest BCUT2D eigenvalue weighted by atomic mass is 10.1. The first-order valence-electron chi connectivity index (χ1n) is 9.42. The molecule has 1 amide bonds. The highest BCUT2D eigenvalue weighted by Crippen LogP contribution is 2.30. The fourth-order valence-electron chi connectivity index (χ4n) is 3.70. The molecule has 6 nitrogen and oxygen atoms in total. The number of amides is 1. The van der Waals surface area contributed by atoms with Crippen molar-refractivity contribution in [2.24, 2.45) is 0 Å². The standard InChI is InChI=1S/C21H19N5OS2/c1-13-19-23-24-20(17-12-29-14(2)22-17)26(19)10-9-25(13)21(27)16-7-5-15(6-8-16)18-4-3-11-28-18/h3-8,11-13H,9-10H2,1-2H3/t13-/m0/s1. The minimum absolute atomic E-state index is 0.0236. The molecule has 0 saturated heterocycles. The molecule has 1 atom stereocenters. The molecule has 0 bridgehead atoms. The number of nitrogens with zero attached hydrogens (tertiary/aromatic N) is 5. The Hall–Kier alpha value is -2.84. The summed E-state index contributed by atoms with van der Waals surface area (Å²) in [4.78, 5) is 20.8. The van der Waals surface area contributed by atoms with E-state index in [0.29, 0.717) is 18.7 Å². The van der Waals surface area contributed by atoms with Gasteiger partial charge in [0.1, 0.15) is 5.69 Å². The van der Waals surface area contributed by atoms with Crippen LogP contribution in [0.1, 0.15) is 34.2 Å². The summed E-state index contributed by atoms with van der Waals surface area (Å²) in [5, 5.41) is 13.8. The Morgan fingerprint density at radius 2 is 1.93 bits per heavy atom. The number of aryl methyl sites for hydroxylation is 1. The Morgan fingerprint density at radius 3 is 2.62 bits per heavy atom. The van der Waals surface area contributed by atoms with Crippen LogP contribution in [0.15, 0.2) is 47.2 Å². The first-order chi connectivity index (χ1) is 14.1. The quantitative estimate of drug-likeness (QED) is 0.483. The maximum atomic E-state index is 13.2. The van der Waals surface area contributed by atoms with Gasteiger partial charge in [-0.05, 0) is 43.0 Å². The summed E-state index contributed by atoms with van der Waals surface area (Å²) in [5.74, 6) is 1.61. The van der Waals surface area contributed by atoms with Crippen LogP contribution in [0.3, 0.4) is 0 Å². The molecule has 8 heteroatoms. The van der Waals surface area contributed by atoms with Gasteiger partial charge in [-0.1, -0.05) is 18.2 Å². The van der Waals surface area contributed by atoms with Crippen molar-refractivity contribution in [3.8, 4) is 22.0 Å². The van der Waals surface area contributed by atoms with E-state index < -0.39 is 0 Å². The molecule has 29 heavy (non-hydrogen) atoms. The van der Waals surface area contributed by atoms with Crippen LogP contribution >= 0.6 is 22.7 Å². The highest BCUT2D eigenvalue weighted by molar-refractivity contribution is 7.13. The van der Waals surface area contributed by atoms with E-state index in [2.05, 4.69) is 31.2 Å². The number of aromatic nitrogens is 4. The molecule has 0 unspecified atom stereocenters. The van der Waals surface area contributed by atoms with Crippen molar-refractivity contribution >= 4 is 28.6 Å². The van der Waals surface area contributed by atoms with Crippen molar-refractivity contribution in [2.45, 2.75) is 26.4 Å². The fourth-order valence-corrected chi connectivity index (χ4v) is 5.03. The molecular weight excluding hydrogens is 402 g/mol. The molecule has 1 aromatic carbocycles. The van der Waals surface area contributed by atoms with Crippen molar-refractivity contribution in [1.82, 2.24) is 24.6 Å². The van der Waals surface area contributed by atoms with Crippen LogP contribution < -0.4 is 0 Å². The van der Waals surface area contributed by atoms with Crippen LogP contribution in [-0.4, -0.2) is 37.1 Å². The molecule has 1 aliphatic heterocycles. The van der Waals surface area contributed by atoms with E-state index in [0.717, 1.165) is 27.9 Å². The van der Waals surface area contributed by atoms with Crippen molar-refractivity contribution in [3.63, 3.8) is 0 Å². The SMILES string of the molecule is Cc1nc(-c2nnc3n2CCN(C(=O)c2ccc(-c4cccs4)cc2)[C@H]3C)cs1. The number of thiophene rings is 1. The zero-order valence-electron chi connectivity index (χ0n) is 16.1. The third-order valence-electron chi connectivity index (χ3n) is 5.23. The normalized spacial score (nSPS) is 16.1. The molecule has 146 valence electrons. The monoisotopic (exact) mass is 421 g/mol. The van der Waals surface area contributed by atoms with Gasteiger partial charge in [0.25, 0.3) is 5.91 Å². The molecule has 0 aliphatic carbocycles. The number of carbonyl (C=O) groups excluding carboxylic acids is 1. The summed E-state index contributed by atoms with van der Waals surface area (Å²) in [6, 6.07) is 11.8. The van der Waals surface area contributed by atoms with Gasteiger partial charge in [0.05, 0.1) is 11.0 Å². The maximum absolute atomic E-state index is 13.2. The first kappa shape index (κ1) is 18.2. The lowest BCUT2D eigenvalue weighted by Gasteiger charge is -2.33. The van der Waals surface area contributed by atoms with Crippen molar-refractivity contribution in [3.05, 3.63) is 63.6 Å². The van der Waals surface area contributed by atoms with E-state index in [9.17, 15) is 4.79 Å². The smallest absolute Gasteiger partial charge is 0.254 e. The van der Waals surface area contributed by atoms with Gasteiger partial charge >= 0.3 is 0 Å². The minimum Gasteiger partial charge on any atom is -0.327 e. The summed E-state index contributed by atoms with van der Waals surface area (Å²) in [5.41, 5.74) is 2.68. The largest absolute Gasteiger partial charge is 0.327 e. The Kier molecular flexibility index (Phi) is 4.52. The Balaban J connectivity index is 1.39. The number of hydrogen-bond donors (Lipinski definition) is 0. The van der Waals surface area contributed by atoms with E-state index in [1.165, 1.54) is 4.88 Å². The van der Waals surface area contributed by atoms with E-state index >= 15 is 0 Å². The molecule has 0 N–H and O–H groups in total. The Morgan fingerprint density at radius 1 is 1.10 bits per heavy atom. The number of thiazole rings is 1. The fraction of sp³-hybridized carbons (Fsp3) is 0.238. The zero-order chi connectivity index (χ0) is 20.0. The molecule has 0 fully saturated rings. The van der Waals surface area contributed by atoms with E-state index in [1.54, 1.807) is 22.7 Å². The van der Waals surface area contributed by atoms with Gasteiger partial charge in [0.15, 0.2) is 11.6 Å². The predicted octanol–water partition coefficient (Wildman–Crippen LogP) is 4.66. The van der Waals surface area contributed by atoms with Crippen molar-refractivity contribution in [2.75, 3.05) is 6.54 Å². The lowest BCUT2D eigenvalue weighted by molar-refractivity contribution is 0.0638. The zero-order valence-corrected chi connectivity index (χ0v) is 17.7. The third-order valence-corrected chi connectivity index (χ3v) is 6.92. The van der Waals surface area contributed by atoms with E-state index in [1.807, 2.05) is 54.5 Å². The first-order valence-corrected chi connectivity index (χ1v) is 11.2. The summed E-state index contributed by atoms with van der Waals surface area (Å²) >= 11 is 3.30. The minimum atomic E-state index is -0.144. The van der Waals surface area contributed by atoms with Crippen LogP contribution in [0, 0.1) is 6.92 Å². The molecular formula is C21H19N5OS2. The molecule has 3 aromatic heterocycles. The van der Waals surface area contributed by atoms with Crippen LogP contribution in [-0.2, 0) is 6.54 Å². The molecule has 4 aromatic rings. The number of fused-ring (bicyclic) bond motifs is 1. The maximum Gasteiger partial charge on any atom is 0.254 e. The number of hydrogen-bond acceptors (Lipinski definition) is 6. The van der Waals surface area contributed by atoms with Crippen molar-refractivity contribution < 1.29 is 4.79 Å². The van der Waals surface area contributed by atoms with Crippen LogP contribution in [0.5, 0.6) is 0 Å². The molecule has 4 heterocycles. The number of benzene rings is 1. The topological polar surface area (TPSA) is 63.9 Å². The summed E-state index contributed by atoms with van der Waals surface area (Å²) in [7, 11) is 0. The van der Waals surface area contributed by atoms with Gasteiger partial charge in [-0.25, -0.2) is 4.98 Å². The van der Waals surface area contributed by atoms with Crippen LogP contribution in [0.4, 0.5) is 0 Å². The van der Waals surface area contributed by atoms with E-state index in [-0.39, 0.29) is 11.9 Å². The van der Waals surface area contributed by atoms with E-state index in [4.69, 9.17) is 0 Å². The Labute approximate surface area is 176 Å². The summed E-state index contributed by atoms with van der Waals surface area (Å²) in [6.45, 7) is 5.27. The molecule has 0 saturated carbocycles. The predicted molar refractivity (Wildman–Crippen MR) is 115 cm³/mol. The van der Waals surface area contributed by atoms with Gasteiger partial charge in [-0.3, -0.25) is 4.79 Å². The van der Waals surface area contributed by atoms with Gasteiger partial charge in [0, 0.05) is 28.9 Å². The lowest BCUT2D eigenvalue weighted by Crippen LogP contribution is -2.41. The average molecular weight is 422 g/mol. The Bertz CT molecular complexity index is 1160. The molecule has 5 rings (SSSR count).